The molecule has 0 heterocycles. The first-order chi connectivity index (χ1) is 12.7. The lowest BCUT2D eigenvalue weighted by Crippen LogP contribution is -2.35. The summed E-state index contributed by atoms with van der Waals surface area (Å²) in [5, 5.41) is 14.4. The molecule has 0 saturated carbocycles. The van der Waals surface area contributed by atoms with E-state index in [9.17, 15) is 18.5 Å². The number of methoxy groups -OCH3 is 1. The van der Waals surface area contributed by atoms with Crippen molar-refractivity contribution in [1.82, 2.24) is 4.72 Å². The molecule has 0 aliphatic carbocycles. The lowest BCUT2D eigenvalue weighted by atomic mass is 10.1. The van der Waals surface area contributed by atoms with Crippen LogP contribution in [0.25, 0.3) is 0 Å². The first-order valence-corrected chi connectivity index (χ1v) is 9.81. The summed E-state index contributed by atoms with van der Waals surface area (Å²) in [5.74, 6) is 0. The molecular weight excluding hydrogens is 370 g/mol. The van der Waals surface area contributed by atoms with Crippen molar-refractivity contribution in [3.05, 3.63) is 63.7 Å². The number of ether oxygens (including phenoxy) is 1. The second-order valence-electron chi connectivity index (χ2n) is 6.19. The molecule has 0 aromatic heterocycles. The zero-order valence-corrected chi connectivity index (χ0v) is 16.2. The van der Waals surface area contributed by atoms with Gasteiger partial charge in [0, 0.05) is 25.8 Å². The fraction of sp³-hybridized carbons (Fsp3) is 0.333. The molecule has 27 heavy (non-hydrogen) atoms. The maximum Gasteiger partial charge on any atom is 0.293 e. The number of hydrogen-bond acceptors (Lipinski definition) is 6. The number of sulfonamides is 1. The topological polar surface area (TPSA) is 111 Å². The summed E-state index contributed by atoms with van der Waals surface area (Å²) in [6, 6.07) is 11.0. The van der Waals surface area contributed by atoms with Crippen LogP contribution < -0.4 is 10.0 Å². The van der Waals surface area contributed by atoms with Gasteiger partial charge < -0.3 is 10.1 Å². The van der Waals surface area contributed by atoms with Crippen molar-refractivity contribution in [2.45, 2.75) is 31.3 Å². The van der Waals surface area contributed by atoms with Crippen molar-refractivity contribution in [2.24, 2.45) is 0 Å². The summed E-state index contributed by atoms with van der Waals surface area (Å²) in [5.41, 5.74) is 2.01. The fourth-order valence-electron chi connectivity index (χ4n) is 2.59. The number of nitro groups is 1. The van der Waals surface area contributed by atoms with Gasteiger partial charge >= 0.3 is 0 Å². The van der Waals surface area contributed by atoms with E-state index in [1.807, 2.05) is 31.2 Å². The van der Waals surface area contributed by atoms with Gasteiger partial charge in [-0.05, 0) is 37.1 Å². The predicted octanol–water partition coefficient (Wildman–Crippen LogP) is 2.83. The van der Waals surface area contributed by atoms with Crippen LogP contribution in [0, 0.1) is 17.0 Å². The third-order valence-corrected chi connectivity index (χ3v) is 5.57. The normalized spacial score (nSPS) is 12.6. The van der Waals surface area contributed by atoms with Crippen LogP contribution in [0.5, 0.6) is 0 Å². The Morgan fingerprint density at radius 1 is 1.22 bits per heavy atom. The van der Waals surface area contributed by atoms with E-state index in [1.54, 1.807) is 6.92 Å². The van der Waals surface area contributed by atoms with E-state index < -0.39 is 21.0 Å². The van der Waals surface area contributed by atoms with Crippen LogP contribution in [0.1, 0.15) is 18.1 Å². The molecule has 0 aliphatic rings. The highest BCUT2D eigenvalue weighted by Crippen LogP contribution is 2.28. The molecule has 0 unspecified atom stereocenters. The van der Waals surface area contributed by atoms with Gasteiger partial charge in [-0.1, -0.05) is 24.3 Å². The third-order valence-electron chi connectivity index (χ3n) is 3.98. The first kappa shape index (κ1) is 20.8. The van der Waals surface area contributed by atoms with E-state index in [0.29, 0.717) is 6.54 Å². The fourth-order valence-corrected chi connectivity index (χ4v) is 3.84. The molecule has 146 valence electrons. The molecule has 8 nitrogen and oxygen atoms in total. The summed E-state index contributed by atoms with van der Waals surface area (Å²) >= 11 is 0. The average Bonchev–Trinajstić information content (AvgIpc) is 2.60. The molecular formula is C18H23N3O5S. The molecule has 0 amide bonds. The lowest BCUT2D eigenvalue weighted by Gasteiger charge is -2.14. The van der Waals surface area contributed by atoms with Crippen molar-refractivity contribution in [3.63, 3.8) is 0 Å². The van der Waals surface area contributed by atoms with E-state index >= 15 is 0 Å². The monoisotopic (exact) mass is 393 g/mol. The van der Waals surface area contributed by atoms with Crippen molar-refractivity contribution < 1.29 is 18.1 Å². The average molecular weight is 393 g/mol. The summed E-state index contributed by atoms with van der Waals surface area (Å²) in [6.07, 6.45) is 0. The van der Waals surface area contributed by atoms with Crippen molar-refractivity contribution in [1.29, 1.82) is 0 Å². The molecule has 0 radical (unpaired) electrons. The van der Waals surface area contributed by atoms with Gasteiger partial charge in [-0.2, -0.15) is 0 Å². The summed E-state index contributed by atoms with van der Waals surface area (Å²) < 4.78 is 32.2. The molecule has 2 aromatic rings. The highest BCUT2D eigenvalue weighted by Gasteiger charge is 2.23. The quantitative estimate of drug-likeness (QED) is 0.501. The number of rotatable bonds is 9. The van der Waals surface area contributed by atoms with Crippen LogP contribution in [-0.2, 0) is 21.3 Å². The van der Waals surface area contributed by atoms with Crippen LogP contribution in [0.2, 0.25) is 0 Å². The first-order valence-electron chi connectivity index (χ1n) is 8.32. The predicted molar refractivity (Wildman–Crippen MR) is 103 cm³/mol. The Balaban J connectivity index is 2.26. The van der Waals surface area contributed by atoms with Gasteiger partial charge in [0.25, 0.3) is 5.69 Å². The van der Waals surface area contributed by atoms with Crippen LogP contribution in [0.15, 0.2) is 47.4 Å². The number of anilines is 1. The smallest absolute Gasteiger partial charge is 0.293 e. The number of benzene rings is 2. The van der Waals surface area contributed by atoms with Gasteiger partial charge in [0.1, 0.15) is 5.69 Å². The molecule has 0 saturated heterocycles. The second kappa shape index (κ2) is 8.94. The van der Waals surface area contributed by atoms with E-state index in [-0.39, 0.29) is 22.9 Å². The zero-order valence-electron chi connectivity index (χ0n) is 15.4. The largest absolute Gasteiger partial charge is 0.383 e. The summed E-state index contributed by atoms with van der Waals surface area (Å²) in [7, 11) is -2.43. The van der Waals surface area contributed by atoms with E-state index in [1.165, 1.54) is 19.2 Å². The van der Waals surface area contributed by atoms with Gasteiger partial charge in [0.05, 0.1) is 16.4 Å². The highest BCUT2D eigenvalue weighted by molar-refractivity contribution is 7.89. The Kier molecular flexibility index (Phi) is 6.89. The summed E-state index contributed by atoms with van der Waals surface area (Å²) in [4.78, 5) is 10.7. The minimum atomic E-state index is -3.89. The Morgan fingerprint density at radius 2 is 1.93 bits per heavy atom. The summed E-state index contributed by atoms with van der Waals surface area (Å²) in [6.45, 7) is 4.18. The molecule has 2 aromatic carbocycles. The maximum absolute atomic E-state index is 12.4. The Hall–Kier alpha value is -2.49. The van der Waals surface area contributed by atoms with Crippen molar-refractivity contribution in [3.8, 4) is 0 Å². The van der Waals surface area contributed by atoms with Crippen molar-refractivity contribution in [2.75, 3.05) is 19.0 Å². The standard InChI is InChI=1S/C18H23N3O5S/c1-13-6-4-5-7-15(13)11-19-17-9-8-16(10-18(17)21(22)23)27(24,25)20-14(2)12-26-3/h4-10,14,19-20H,11-12H2,1-3H3/t14-/m1/s1. The Labute approximate surface area is 158 Å². The minimum Gasteiger partial charge on any atom is -0.383 e. The van der Waals surface area contributed by atoms with Gasteiger partial charge in [0.2, 0.25) is 10.0 Å². The molecule has 2 rings (SSSR count). The minimum absolute atomic E-state index is 0.168. The SMILES string of the molecule is COC[C@@H](C)NS(=O)(=O)c1ccc(NCc2ccccc2C)c([N+](=O)[O-])c1. The highest BCUT2D eigenvalue weighted by atomic mass is 32.2. The van der Waals surface area contributed by atoms with E-state index in [2.05, 4.69) is 10.0 Å². The third kappa shape index (κ3) is 5.49. The number of aryl methyl sites for hydroxylation is 1. The molecule has 9 heteroatoms. The van der Waals surface area contributed by atoms with Gasteiger partial charge in [-0.15, -0.1) is 0 Å². The van der Waals surface area contributed by atoms with E-state index in [0.717, 1.165) is 17.2 Å². The number of nitrogens with one attached hydrogen (secondary N) is 2. The second-order valence-corrected chi connectivity index (χ2v) is 7.91. The molecule has 0 bridgehead atoms. The van der Waals surface area contributed by atoms with Crippen LogP contribution >= 0.6 is 0 Å². The maximum atomic E-state index is 12.4. The molecule has 0 aliphatic heterocycles. The number of nitro benzene ring substituents is 1. The van der Waals surface area contributed by atoms with Crippen molar-refractivity contribution >= 4 is 21.4 Å². The van der Waals surface area contributed by atoms with Crippen LogP contribution in [-0.4, -0.2) is 33.1 Å². The molecule has 0 spiro atoms. The lowest BCUT2D eigenvalue weighted by molar-refractivity contribution is -0.384. The van der Waals surface area contributed by atoms with Crippen LogP contribution in [0.3, 0.4) is 0 Å². The molecule has 0 fully saturated rings. The number of nitrogens with zero attached hydrogens (tertiary/aromatic N) is 1. The van der Waals surface area contributed by atoms with Gasteiger partial charge in [-0.25, -0.2) is 13.1 Å². The number of hydrogen-bond donors (Lipinski definition) is 2. The molecule has 2 N–H and O–H groups in total. The molecule has 1 atom stereocenters. The zero-order chi connectivity index (χ0) is 20.0. The van der Waals surface area contributed by atoms with Gasteiger partial charge in [0.15, 0.2) is 0 Å². The Morgan fingerprint density at radius 3 is 2.56 bits per heavy atom. The Bertz CT molecular complexity index is 915. The van der Waals surface area contributed by atoms with Gasteiger partial charge in [-0.3, -0.25) is 10.1 Å². The van der Waals surface area contributed by atoms with E-state index in [4.69, 9.17) is 4.74 Å². The van der Waals surface area contributed by atoms with Crippen LogP contribution in [0.4, 0.5) is 11.4 Å².